The third-order valence-corrected chi connectivity index (χ3v) is 14.4. The molecule has 0 aliphatic heterocycles. The minimum atomic E-state index is -1.27. The van der Waals surface area contributed by atoms with Crippen molar-refractivity contribution in [3.63, 3.8) is 0 Å². The Morgan fingerprint density at radius 2 is 0.918 bits per heavy atom. The minimum Gasteiger partial charge on any atom is -1.00 e. The molecule has 0 amide bonds. The first-order valence-electron chi connectivity index (χ1n) is 16.7. The van der Waals surface area contributed by atoms with E-state index in [0.29, 0.717) is 7.25 Å². The van der Waals surface area contributed by atoms with Crippen LogP contribution in [0.1, 0.15) is 65.9 Å². The Balaban J connectivity index is 0.00000208. The number of benzene rings is 4. The Labute approximate surface area is 313 Å². The number of rotatable bonds is 8. The maximum atomic E-state index is 4.91. The molecule has 2 aliphatic carbocycles. The van der Waals surface area contributed by atoms with E-state index in [9.17, 15) is 0 Å². The number of nitrogens with zero attached hydrogens (tertiary/aromatic N) is 2. The monoisotopic (exact) mass is 752 g/mol. The molecule has 2 unspecified atom stereocenters. The van der Waals surface area contributed by atoms with Gasteiger partial charge in [-0.1, -0.05) is 0 Å². The third-order valence-electron chi connectivity index (χ3n) is 9.72. The fourth-order valence-corrected chi connectivity index (χ4v) is 12.1. The van der Waals surface area contributed by atoms with Crippen molar-refractivity contribution in [2.24, 2.45) is 0 Å². The van der Waals surface area contributed by atoms with Crippen molar-refractivity contribution in [2.45, 2.75) is 33.9 Å². The van der Waals surface area contributed by atoms with Crippen LogP contribution in [-0.2, 0) is 36.1 Å². The van der Waals surface area contributed by atoms with Crippen LogP contribution in [0.15, 0.2) is 134 Å². The number of halogens is 2. The van der Waals surface area contributed by atoms with Crippen LogP contribution in [-0.4, -0.2) is 9.97 Å². The maximum absolute atomic E-state index is 4.91. The van der Waals surface area contributed by atoms with Crippen molar-refractivity contribution in [1.82, 2.24) is 9.97 Å². The van der Waals surface area contributed by atoms with Crippen molar-refractivity contribution >= 4 is 23.3 Å². The zero-order chi connectivity index (χ0) is 31.7. The van der Waals surface area contributed by atoms with E-state index in [-0.39, 0.29) is 24.8 Å². The van der Waals surface area contributed by atoms with Crippen molar-refractivity contribution in [3.8, 4) is 22.3 Å². The molecule has 2 nitrogen and oxygen atoms in total. The van der Waals surface area contributed by atoms with Gasteiger partial charge in [0, 0.05) is 0 Å². The smallest absolute Gasteiger partial charge is 1.00 e. The molecule has 2 aromatic heterocycles. The summed E-state index contributed by atoms with van der Waals surface area (Å²) >= 11 is -1.27. The summed E-state index contributed by atoms with van der Waals surface area (Å²) in [6, 6.07) is 44.8. The fraction of sp³-hybridized carbons (Fsp3) is 0.136. The van der Waals surface area contributed by atoms with Crippen molar-refractivity contribution < 1.29 is 48.0 Å². The molecule has 0 N–H and O–H groups in total. The van der Waals surface area contributed by atoms with E-state index >= 15 is 0 Å². The van der Waals surface area contributed by atoms with Crippen LogP contribution >= 0.6 is 0 Å². The van der Waals surface area contributed by atoms with Crippen LogP contribution in [0.25, 0.3) is 45.6 Å². The van der Waals surface area contributed by atoms with Gasteiger partial charge in [-0.25, -0.2) is 0 Å². The number of hydrogen-bond acceptors (Lipinski definition) is 2. The minimum absolute atomic E-state index is 0. The fourth-order valence-electron chi connectivity index (χ4n) is 7.18. The van der Waals surface area contributed by atoms with E-state index in [2.05, 4.69) is 135 Å². The van der Waals surface area contributed by atoms with Crippen LogP contribution in [0.2, 0.25) is 0 Å². The SMILES string of the molecule is CCc1ccc(-c2cccc3c2C=C(c2ccccn2)[CH]3[Zr+2][CH]2C(c3ccccn3)=Cc3c(-c4ccc(CC)cc4)cccc32)cc1.[Cl-].[Cl-]. The second-order valence-corrected chi connectivity index (χ2v) is 16.0. The molecule has 49 heavy (non-hydrogen) atoms. The first-order chi connectivity index (χ1) is 23.2. The van der Waals surface area contributed by atoms with Gasteiger partial charge in [0.15, 0.2) is 0 Å². The van der Waals surface area contributed by atoms with Crippen LogP contribution in [0.3, 0.4) is 0 Å². The normalized spacial score (nSPS) is 15.6. The summed E-state index contributed by atoms with van der Waals surface area (Å²) in [7, 11) is 0. The molecule has 5 heteroatoms. The third kappa shape index (κ3) is 6.70. The van der Waals surface area contributed by atoms with Gasteiger partial charge in [0.25, 0.3) is 0 Å². The molecular weight excluding hydrogens is 719 g/mol. The Bertz CT molecular complexity index is 1970. The molecule has 0 saturated heterocycles. The number of allylic oxidation sites excluding steroid dienone is 2. The van der Waals surface area contributed by atoms with Crippen LogP contribution in [0.4, 0.5) is 0 Å². The van der Waals surface area contributed by atoms with Gasteiger partial charge in [0.05, 0.1) is 0 Å². The van der Waals surface area contributed by atoms with Crippen LogP contribution in [0, 0.1) is 0 Å². The summed E-state index contributed by atoms with van der Waals surface area (Å²) in [5.41, 5.74) is 18.4. The number of pyridine rings is 2. The summed E-state index contributed by atoms with van der Waals surface area (Å²) in [5, 5.41) is 0. The predicted molar refractivity (Wildman–Crippen MR) is 192 cm³/mol. The summed E-state index contributed by atoms with van der Waals surface area (Å²) in [5.74, 6) is 0. The predicted octanol–water partition coefficient (Wildman–Crippen LogP) is 4.92. The molecule has 0 saturated carbocycles. The van der Waals surface area contributed by atoms with Gasteiger partial charge in [-0.05, 0) is 0 Å². The molecule has 0 bridgehead atoms. The standard InChI is InChI=1S/2C22H18N.2ClH.Zr/c2*1-2-16-9-11-17(12-10-16)20-7-5-6-18-14-19(15-21(18)20)22-8-3-4-13-23-22;;;/h2*3-15H,2H2,1H3;2*1H;/q;;;;+2/p-2. The van der Waals surface area contributed by atoms with E-state index in [1.165, 1.54) is 66.8 Å². The second kappa shape index (κ2) is 15.3. The average molecular weight is 755 g/mol. The zero-order valence-electron chi connectivity index (χ0n) is 27.6. The molecule has 0 radical (unpaired) electrons. The first kappa shape index (κ1) is 35.0. The molecule has 2 heterocycles. The summed E-state index contributed by atoms with van der Waals surface area (Å²) < 4.78 is 0.711. The molecule has 2 atom stereocenters. The van der Waals surface area contributed by atoms with Gasteiger partial charge >= 0.3 is 291 Å². The first-order valence-corrected chi connectivity index (χ1v) is 19.5. The van der Waals surface area contributed by atoms with Crippen molar-refractivity contribution in [1.29, 1.82) is 0 Å². The molecule has 240 valence electrons. The van der Waals surface area contributed by atoms with E-state index < -0.39 is 23.2 Å². The Morgan fingerprint density at radius 1 is 0.490 bits per heavy atom. The molecule has 0 spiro atoms. The molecule has 6 aromatic rings. The molecule has 0 fully saturated rings. The van der Waals surface area contributed by atoms with Gasteiger partial charge in [-0.15, -0.1) is 0 Å². The second-order valence-electron chi connectivity index (χ2n) is 12.4. The number of aryl methyl sites for hydroxylation is 2. The maximum Gasteiger partial charge on any atom is -1.00 e. The van der Waals surface area contributed by atoms with Crippen LogP contribution in [0.5, 0.6) is 0 Å². The van der Waals surface area contributed by atoms with Crippen molar-refractivity contribution in [2.75, 3.05) is 0 Å². The topological polar surface area (TPSA) is 25.8 Å². The van der Waals surface area contributed by atoms with Gasteiger partial charge in [0.1, 0.15) is 0 Å². The van der Waals surface area contributed by atoms with Gasteiger partial charge in [-0.3, -0.25) is 0 Å². The summed E-state index contributed by atoms with van der Waals surface area (Å²) in [4.78, 5) is 9.83. The van der Waals surface area contributed by atoms with E-state index in [4.69, 9.17) is 9.97 Å². The van der Waals surface area contributed by atoms with Gasteiger partial charge < -0.3 is 24.8 Å². The van der Waals surface area contributed by atoms with E-state index in [1.54, 1.807) is 0 Å². The number of fused-ring (bicyclic) bond motifs is 2. The van der Waals surface area contributed by atoms with Crippen molar-refractivity contribution in [3.05, 3.63) is 178 Å². The van der Waals surface area contributed by atoms with E-state index in [0.717, 1.165) is 24.2 Å². The molecular formula is C44H36Cl2N2Zr. The summed E-state index contributed by atoms with van der Waals surface area (Å²) in [6.45, 7) is 4.43. The Morgan fingerprint density at radius 3 is 1.29 bits per heavy atom. The van der Waals surface area contributed by atoms with Gasteiger partial charge in [-0.2, -0.15) is 0 Å². The Kier molecular flexibility index (Phi) is 11.0. The summed E-state index contributed by atoms with van der Waals surface area (Å²) in [6.07, 6.45) is 10.9. The zero-order valence-corrected chi connectivity index (χ0v) is 31.5. The van der Waals surface area contributed by atoms with E-state index in [1.807, 2.05) is 24.5 Å². The Hall–Kier alpha value is -3.88. The largest absolute Gasteiger partial charge is 1.00 e. The van der Waals surface area contributed by atoms with Gasteiger partial charge in [0.2, 0.25) is 0 Å². The molecule has 4 aromatic carbocycles. The number of aromatic nitrogens is 2. The molecule has 8 rings (SSSR count). The van der Waals surface area contributed by atoms with Crippen LogP contribution < -0.4 is 24.8 Å². The number of hydrogen-bond donors (Lipinski definition) is 0. The average Bonchev–Trinajstić information content (AvgIpc) is 3.71. The molecule has 2 aliphatic rings. The quantitative estimate of drug-likeness (QED) is 0.221.